The van der Waals surface area contributed by atoms with E-state index in [1.165, 1.54) is 10.9 Å². The number of nitrogens with two attached hydrogens (primary N) is 1. The lowest BCUT2D eigenvalue weighted by Crippen LogP contribution is -2.30. The molecule has 2 aromatic rings. The quantitative estimate of drug-likeness (QED) is 0.412. The van der Waals surface area contributed by atoms with E-state index in [-0.39, 0.29) is 23.6 Å². The van der Waals surface area contributed by atoms with E-state index in [1.807, 2.05) is 0 Å². The fourth-order valence-corrected chi connectivity index (χ4v) is 2.77. The molecule has 112 valence electrons. The van der Waals surface area contributed by atoms with Crippen molar-refractivity contribution in [2.75, 3.05) is 12.3 Å². The molecular weight excluding hydrogens is 281 g/mol. The summed E-state index contributed by atoms with van der Waals surface area (Å²) >= 11 is 0. The van der Waals surface area contributed by atoms with Gasteiger partial charge in [0.05, 0.1) is 25.1 Å². The molecule has 2 heterocycles. The summed E-state index contributed by atoms with van der Waals surface area (Å²) in [5.74, 6) is -0.792. The fourth-order valence-electron chi connectivity index (χ4n) is 2.77. The van der Waals surface area contributed by atoms with E-state index in [2.05, 4.69) is 21.5 Å². The summed E-state index contributed by atoms with van der Waals surface area (Å²) in [5, 5.41) is 29.4. The van der Waals surface area contributed by atoms with Gasteiger partial charge < -0.3 is 25.6 Å². The van der Waals surface area contributed by atoms with Crippen LogP contribution in [0.15, 0.2) is 18.5 Å². The molecule has 8 nitrogen and oxygen atoms in total. The smallest absolute Gasteiger partial charge is 0.312 e. The van der Waals surface area contributed by atoms with Crippen molar-refractivity contribution in [1.29, 1.82) is 0 Å². The number of nitrogens with zero attached hydrogens (tertiary/aromatic N) is 4. The summed E-state index contributed by atoms with van der Waals surface area (Å²) < 4.78 is 14.7. The zero-order valence-corrected chi connectivity index (χ0v) is 10.9. The molecule has 0 aromatic carbocycles. The number of rotatable bonds is 2. The maximum atomic E-state index is 13.3. The molecular formula is C12H14FN5O3. The fraction of sp³-hybridized carbons (Fsp3) is 0.417. The first kappa shape index (κ1) is 13.9. The minimum Gasteiger partial charge on any atom is -0.396 e. The lowest BCUT2D eigenvalue weighted by molar-refractivity contribution is -0.00328. The Hall–Kier alpha value is -2.10. The van der Waals surface area contributed by atoms with Crippen molar-refractivity contribution in [3.05, 3.63) is 24.6 Å². The van der Waals surface area contributed by atoms with Crippen molar-refractivity contribution in [3.63, 3.8) is 0 Å². The first-order valence-corrected chi connectivity index (χ1v) is 6.27. The number of aliphatic hydroxyl groups excluding tert-OH is 3. The molecule has 3 rings (SSSR count). The zero-order valence-electron chi connectivity index (χ0n) is 10.9. The third kappa shape index (κ3) is 1.89. The Labute approximate surface area is 118 Å². The number of fused-ring (bicyclic) bond motifs is 1. The molecule has 0 unspecified atom stereocenters. The topological polar surface area (TPSA) is 130 Å². The Kier molecular flexibility index (Phi) is 3.12. The number of halogens is 1. The Morgan fingerprint density at radius 1 is 1.33 bits per heavy atom. The van der Waals surface area contributed by atoms with Crippen LogP contribution in [0.25, 0.3) is 11.2 Å². The molecule has 1 aliphatic carbocycles. The third-order valence-corrected chi connectivity index (χ3v) is 3.86. The highest BCUT2D eigenvalue weighted by atomic mass is 19.1. The van der Waals surface area contributed by atoms with Crippen LogP contribution in [0.1, 0.15) is 6.04 Å². The molecule has 0 radical (unpaired) electrons. The van der Waals surface area contributed by atoms with Gasteiger partial charge in [-0.05, 0) is 5.57 Å². The molecule has 5 N–H and O–H groups in total. The Morgan fingerprint density at radius 3 is 2.67 bits per heavy atom. The largest absolute Gasteiger partial charge is 0.396 e. The molecule has 0 amide bonds. The monoisotopic (exact) mass is 295 g/mol. The summed E-state index contributed by atoms with van der Waals surface area (Å²) in [6.07, 6.45) is -2.08. The number of aromatic nitrogens is 4. The predicted octanol–water partition coefficient (Wildman–Crippen LogP) is -1.01. The van der Waals surface area contributed by atoms with Gasteiger partial charge in [-0.1, -0.05) is 6.58 Å². The SMILES string of the molecule is C=C1[C@@H](n2cnc3c(N)nc(F)nc32)[C@H](O)[C@H](O)[C@H]1CO. The molecule has 0 spiro atoms. The Balaban J connectivity index is 2.15. The van der Waals surface area contributed by atoms with Crippen LogP contribution in [0.3, 0.4) is 0 Å². The highest BCUT2D eigenvalue weighted by molar-refractivity contribution is 5.81. The van der Waals surface area contributed by atoms with Gasteiger partial charge in [-0.2, -0.15) is 14.4 Å². The van der Waals surface area contributed by atoms with E-state index < -0.39 is 30.2 Å². The minimum atomic E-state index is -1.22. The van der Waals surface area contributed by atoms with Crippen molar-refractivity contribution >= 4 is 17.0 Å². The number of hydrogen-bond donors (Lipinski definition) is 4. The molecule has 4 atom stereocenters. The number of aliphatic hydroxyl groups is 3. The second-order valence-electron chi connectivity index (χ2n) is 4.99. The predicted molar refractivity (Wildman–Crippen MR) is 70.5 cm³/mol. The molecule has 1 aliphatic rings. The highest BCUT2D eigenvalue weighted by Crippen LogP contribution is 2.40. The first-order valence-electron chi connectivity index (χ1n) is 6.27. The van der Waals surface area contributed by atoms with E-state index in [0.29, 0.717) is 5.57 Å². The minimum absolute atomic E-state index is 0.0935. The normalized spacial score (nSPS) is 29.4. The van der Waals surface area contributed by atoms with E-state index in [9.17, 15) is 19.7 Å². The van der Waals surface area contributed by atoms with E-state index in [1.54, 1.807) is 0 Å². The highest BCUT2D eigenvalue weighted by Gasteiger charge is 2.45. The average molecular weight is 295 g/mol. The van der Waals surface area contributed by atoms with Gasteiger partial charge in [-0.3, -0.25) is 0 Å². The van der Waals surface area contributed by atoms with Crippen molar-refractivity contribution in [2.24, 2.45) is 5.92 Å². The summed E-state index contributed by atoms with van der Waals surface area (Å²) in [5.41, 5.74) is 6.28. The van der Waals surface area contributed by atoms with E-state index in [0.717, 1.165) is 0 Å². The van der Waals surface area contributed by atoms with Crippen molar-refractivity contribution in [1.82, 2.24) is 19.5 Å². The standard InChI is InChI=1S/C12H14FN5O3/c1-4-5(2-19)8(20)9(21)7(4)18-3-15-6-10(14)16-12(13)17-11(6)18/h3,5,7-9,19-21H,1-2H2,(H2,14,16,17)/t5-,7+,8+,9-/m0/s1. The lowest BCUT2D eigenvalue weighted by atomic mass is 10.0. The van der Waals surface area contributed by atoms with Crippen LogP contribution in [0, 0.1) is 12.0 Å². The van der Waals surface area contributed by atoms with Crippen LogP contribution in [-0.2, 0) is 0 Å². The van der Waals surface area contributed by atoms with Gasteiger partial charge in [-0.15, -0.1) is 0 Å². The van der Waals surface area contributed by atoms with E-state index in [4.69, 9.17) is 5.73 Å². The van der Waals surface area contributed by atoms with Crippen LogP contribution < -0.4 is 5.73 Å². The van der Waals surface area contributed by atoms with Crippen LogP contribution in [0.2, 0.25) is 0 Å². The summed E-state index contributed by atoms with van der Waals surface area (Å²) in [6.45, 7) is 3.44. The van der Waals surface area contributed by atoms with Crippen molar-refractivity contribution < 1.29 is 19.7 Å². The Bertz CT molecular complexity index is 718. The third-order valence-electron chi connectivity index (χ3n) is 3.86. The van der Waals surface area contributed by atoms with Crippen molar-refractivity contribution in [3.8, 4) is 0 Å². The van der Waals surface area contributed by atoms with Gasteiger partial charge in [0.1, 0.15) is 11.6 Å². The molecule has 1 fully saturated rings. The summed E-state index contributed by atoms with van der Waals surface area (Å²) in [4.78, 5) is 11.0. The second-order valence-corrected chi connectivity index (χ2v) is 4.99. The van der Waals surface area contributed by atoms with Gasteiger partial charge >= 0.3 is 6.08 Å². The van der Waals surface area contributed by atoms with E-state index >= 15 is 0 Å². The summed E-state index contributed by atoms with van der Waals surface area (Å²) in [7, 11) is 0. The van der Waals surface area contributed by atoms with Crippen LogP contribution >= 0.6 is 0 Å². The van der Waals surface area contributed by atoms with Gasteiger partial charge in [-0.25, -0.2) is 4.98 Å². The lowest BCUT2D eigenvalue weighted by Gasteiger charge is -2.18. The molecule has 0 aliphatic heterocycles. The van der Waals surface area contributed by atoms with Crippen molar-refractivity contribution in [2.45, 2.75) is 18.2 Å². The number of anilines is 1. The maximum Gasteiger partial charge on any atom is 0.312 e. The second kappa shape index (κ2) is 4.72. The van der Waals surface area contributed by atoms with Crippen LogP contribution in [0.4, 0.5) is 10.2 Å². The van der Waals surface area contributed by atoms with Crippen LogP contribution in [-0.4, -0.2) is 53.7 Å². The molecule has 1 saturated carbocycles. The van der Waals surface area contributed by atoms with Crippen LogP contribution in [0.5, 0.6) is 0 Å². The van der Waals surface area contributed by atoms with Gasteiger partial charge in [0.2, 0.25) is 0 Å². The Morgan fingerprint density at radius 2 is 2.05 bits per heavy atom. The van der Waals surface area contributed by atoms with Gasteiger partial charge in [0, 0.05) is 5.92 Å². The molecule has 0 saturated heterocycles. The zero-order chi connectivity index (χ0) is 15.3. The first-order chi connectivity index (χ1) is 9.95. The molecule has 21 heavy (non-hydrogen) atoms. The average Bonchev–Trinajstić information content (AvgIpc) is 2.91. The van der Waals surface area contributed by atoms with Gasteiger partial charge in [0.25, 0.3) is 0 Å². The number of nitrogen functional groups attached to an aromatic ring is 1. The molecule has 9 heteroatoms. The number of hydrogen-bond acceptors (Lipinski definition) is 7. The molecule has 0 bridgehead atoms. The van der Waals surface area contributed by atoms with Gasteiger partial charge in [0.15, 0.2) is 11.5 Å². The number of imidazole rings is 1. The molecule has 2 aromatic heterocycles. The maximum absolute atomic E-state index is 13.3. The summed E-state index contributed by atoms with van der Waals surface area (Å²) in [6, 6.07) is -0.782.